The number of nitrogens with one attached hydrogen (secondary N) is 1. The Morgan fingerprint density at radius 3 is 2.67 bits per heavy atom. The van der Waals surface area contributed by atoms with Crippen molar-refractivity contribution >= 4 is 17.3 Å². The maximum atomic E-state index is 13.4. The van der Waals surface area contributed by atoms with Gasteiger partial charge in [0.25, 0.3) is 5.91 Å². The lowest BCUT2D eigenvalue weighted by Crippen LogP contribution is -2.15. The summed E-state index contributed by atoms with van der Waals surface area (Å²) in [6.07, 6.45) is 2.05. The Kier molecular flexibility index (Phi) is 5.25. The van der Waals surface area contributed by atoms with Gasteiger partial charge in [-0.05, 0) is 24.1 Å². The SMILES string of the molecule is CCc1c(C(=O)Nc2ccc(F)c([N+](=O)[O-])c2)cnn1Cc1ccccc1. The molecule has 0 fully saturated rings. The van der Waals surface area contributed by atoms with Crippen LogP contribution in [0.1, 0.15) is 28.5 Å². The van der Waals surface area contributed by atoms with Crippen LogP contribution in [-0.2, 0) is 13.0 Å². The van der Waals surface area contributed by atoms with Gasteiger partial charge in [-0.15, -0.1) is 0 Å². The van der Waals surface area contributed by atoms with E-state index in [2.05, 4.69) is 10.4 Å². The first kappa shape index (κ1) is 18.2. The van der Waals surface area contributed by atoms with Crippen LogP contribution in [0.3, 0.4) is 0 Å². The van der Waals surface area contributed by atoms with Crippen LogP contribution in [0.15, 0.2) is 54.7 Å². The second-order valence-electron chi connectivity index (χ2n) is 5.88. The number of halogens is 1. The highest BCUT2D eigenvalue weighted by molar-refractivity contribution is 6.05. The van der Waals surface area contributed by atoms with Gasteiger partial charge in [0.1, 0.15) is 0 Å². The standard InChI is InChI=1S/C19H17FN4O3/c1-2-17-15(11-21-23(17)12-13-6-4-3-5-7-13)19(25)22-14-8-9-16(20)18(10-14)24(26)27/h3-11H,2,12H2,1H3,(H,22,25). The van der Waals surface area contributed by atoms with E-state index in [9.17, 15) is 19.3 Å². The average molecular weight is 368 g/mol. The third-order valence-corrected chi connectivity index (χ3v) is 4.10. The normalized spacial score (nSPS) is 10.6. The van der Waals surface area contributed by atoms with E-state index in [1.54, 1.807) is 4.68 Å². The predicted molar refractivity (Wildman–Crippen MR) is 98.2 cm³/mol. The number of benzene rings is 2. The summed E-state index contributed by atoms with van der Waals surface area (Å²) in [5, 5.41) is 17.7. The number of carbonyl (C=O) groups excluding carboxylic acids is 1. The Hall–Kier alpha value is -3.55. The van der Waals surface area contributed by atoms with Crippen molar-refractivity contribution in [3.05, 3.63) is 87.5 Å². The lowest BCUT2D eigenvalue weighted by molar-refractivity contribution is -0.387. The number of aromatic nitrogens is 2. The summed E-state index contributed by atoms with van der Waals surface area (Å²) in [7, 11) is 0. The fourth-order valence-electron chi connectivity index (χ4n) is 2.79. The molecule has 0 aliphatic carbocycles. The molecule has 0 unspecified atom stereocenters. The fraction of sp³-hybridized carbons (Fsp3) is 0.158. The van der Waals surface area contributed by atoms with Crippen LogP contribution >= 0.6 is 0 Å². The first-order chi connectivity index (χ1) is 13.0. The molecule has 27 heavy (non-hydrogen) atoms. The highest BCUT2D eigenvalue weighted by Gasteiger charge is 2.19. The molecule has 7 nitrogen and oxygen atoms in total. The average Bonchev–Trinajstić information content (AvgIpc) is 3.06. The topological polar surface area (TPSA) is 90.1 Å². The number of nitro benzene ring substituents is 1. The number of rotatable bonds is 6. The van der Waals surface area contributed by atoms with E-state index in [1.807, 2.05) is 37.3 Å². The molecule has 0 radical (unpaired) electrons. The van der Waals surface area contributed by atoms with Gasteiger partial charge in [0.05, 0.1) is 28.9 Å². The molecule has 0 bridgehead atoms. The van der Waals surface area contributed by atoms with Gasteiger partial charge in [0.15, 0.2) is 0 Å². The zero-order valence-corrected chi connectivity index (χ0v) is 14.6. The number of carbonyl (C=O) groups is 1. The summed E-state index contributed by atoms with van der Waals surface area (Å²) >= 11 is 0. The number of amides is 1. The smallest absolute Gasteiger partial charge is 0.306 e. The van der Waals surface area contributed by atoms with E-state index < -0.39 is 22.3 Å². The van der Waals surface area contributed by atoms with Crippen molar-refractivity contribution in [1.29, 1.82) is 0 Å². The van der Waals surface area contributed by atoms with Crippen molar-refractivity contribution < 1.29 is 14.1 Å². The molecule has 0 saturated carbocycles. The van der Waals surface area contributed by atoms with Crippen molar-refractivity contribution in [3.63, 3.8) is 0 Å². The predicted octanol–water partition coefficient (Wildman–Crippen LogP) is 3.79. The third-order valence-electron chi connectivity index (χ3n) is 4.10. The molecule has 0 aliphatic heterocycles. The number of nitrogens with zero attached hydrogens (tertiary/aromatic N) is 3. The van der Waals surface area contributed by atoms with Crippen molar-refractivity contribution in [3.8, 4) is 0 Å². The number of hydrogen-bond donors (Lipinski definition) is 1. The Morgan fingerprint density at radius 2 is 2.00 bits per heavy atom. The molecule has 1 aromatic heterocycles. The monoisotopic (exact) mass is 368 g/mol. The fourth-order valence-corrected chi connectivity index (χ4v) is 2.79. The van der Waals surface area contributed by atoms with Crippen molar-refractivity contribution in [2.24, 2.45) is 0 Å². The molecule has 0 saturated heterocycles. The summed E-state index contributed by atoms with van der Waals surface area (Å²) in [6, 6.07) is 12.9. The zero-order valence-electron chi connectivity index (χ0n) is 14.6. The first-order valence-corrected chi connectivity index (χ1v) is 8.33. The zero-order chi connectivity index (χ0) is 19.4. The van der Waals surface area contributed by atoms with Crippen LogP contribution in [-0.4, -0.2) is 20.6 Å². The largest absolute Gasteiger partial charge is 0.322 e. The lowest BCUT2D eigenvalue weighted by Gasteiger charge is -2.09. The molecule has 3 aromatic rings. The van der Waals surface area contributed by atoms with Crippen molar-refractivity contribution in [2.45, 2.75) is 19.9 Å². The number of hydrogen-bond acceptors (Lipinski definition) is 4. The molecule has 0 aliphatic rings. The van der Waals surface area contributed by atoms with Gasteiger partial charge in [0.2, 0.25) is 5.82 Å². The minimum absolute atomic E-state index is 0.144. The Balaban J connectivity index is 1.83. The van der Waals surface area contributed by atoms with Crippen molar-refractivity contribution in [1.82, 2.24) is 9.78 Å². The van der Waals surface area contributed by atoms with Crippen molar-refractivity contribution in [2.75, 3.05) is 5.32 Å². The van der Waals surface area contributed by atoms with Gasteiger partial charge in [-0.1, -0.05) is 37.3 Å². The Bertz CT molecular complexity index is 986. The lowest BCUT2D eigenvalue weighted by atomic mass is 10.1. The van der Waals surface area contributed by atoms with Gasteiger partial charge in [-0.2, -0.15) is 9.49 Å². The third kappa shape index (κ3) is 4.00. The summed E-state index contributed by atoms with van der Waals surface area (Å²) in [4.78, 5) is 22.6. The van der Waals surface area contributed by atoms with Crippen LogP contribution in [0.5, 0.6) is 0 Å². The van der Waals surface area contributed by atoms with Crippen LogP contribution in [0.4, 0.5) is 15.8 Å². The molecular weight excluding hydrogens is 351 g/mol. The molecule has 1 heterocycles. The van der Waals surface area contributed by atoms with Crippen LogP contribution in [0.2, 0.25) is 0 Å². The summed E-state index contributed by atoms with van der Waals surface area (Å²) < 4.78 is 15.2. The van der Waals surface area contributed by atoms with E-state index in [1.165, 1.54) is 12.3 Å². The maximum Gasteiger partial charge on any atom is 0.306 e. The quantitative estimate of drug-likeness (QED) is 0.529. The molecule has 2 aromatic carbocycles. The van der Waals surface area contributed by atoms with Gasteiger partial charge >= 0.3 is 5.69 Å². The first-order valence-electron chi connectivity index (χ1n) is 8.33. The molecule has 8 heteroatoms. The van der Waals surface area contributed by atoms with E-state index in [4.69, 9.17) is 0 Å². The van der Waals surface area contributed by atoms with Gasteiger partial charge < -0.3 is 5.32 Å². The van der Waals surface area contributed by atoms with E-state index >= 15 is 0 Å². The van der Waals surface area contributed by atoms with Gasteiger partial charge in [-0.3, -0.25) is 19.6 Å². The molecule has 1 amide bonds. The second kappa shape index (κ2) is 7.77. The molecule has 138 valence electrons. The summed E-state index contributed by atoms with van der Waals surface area (Å²) in [5.74, 6) is -1.41. The molecule has 0 atom stereocenters. The highest BCUT2D eigenvalue weighted by Crippen LogP contribution is 2.22. The highest BCUT2D eigenvalue weighted by atomic mass is 19.1. The molecule has 3 rings (SSSR count). The second-order valence-corrected chi connectivity index (χ2v) is 5.88. The molecule has 0 spiro atoms. The van der Waals surface area contributed by atoms with E-state index in [-0.39, 0.29) is 5.69 Å². The maximum absolute atomic E-state index is 13.4. The summed E-state index contributed by atoms with van der Waals surface area (Å²) in [6.45, 7) is 2.44. The van der Waals surface area contributed by atoms with Gasteiger partial charge in [0, 0.05) is 11.8 Å². The number of anilines is 1. The Labute approximate surface area is 154 Å². The van der Waals surface area contributed by atoms with E-state index in [0.29, 0.717) is 18.5 Å². The molecular formula is C19H17FN4O3. The van der Waals surface area contributed by atoms with Crippen LogP contribution in [0, 0.1) is 15.9 Å². The van der Waals surface area contributed by atoms with Crippen LogP contribution < -0.4 is 5.32 Å². The minimum Gasteiger partial charge on any atom is -0.322 e. The summed E-state index contributed by atoms with van der Waals surface area (Å²) in [5.41, 5.74) is 1.62. The minimum atomic E-state index is -0.956. The van der Waals surface area contributed by atoms with Gasteiger partial charge in [-0.25, -0.2) is 0 Å². The Morgan fingerprint density at radius 1 is 1.26 bits per heavy atom. The van der Waals surface area contributed by atoms with Crippen LogP contribution in [0.25, 0.3) is 0 Å². The molecule has 1 N–H and O–H groups in total. The number of nitro groups is 1. The van der Waals surface area contributed by atoms with E-state index in [0.717, 1.165) is 23.4 Å².